The molecule has 0 aliphatic rings. The van der Waals surface area contributed by atoms with Crippen LogP contribution in [0.15, 0.2) is 48.5 Å². The SMILES string of the molecule is COc1ccc(COCCC(=O)Nc2cccc(N)c2)cc1. The maximum atomic E-state index is 11.8. The van der Waals surface area contributed by atoms with E-state index in [1.807, 2.05) is 24.3 Å². The summed E-state index contributed by atoms with van der Waals surface area (Å²) in [5, 5.41) is 2.78. The highest BCUT2D eigenvalue weighted by Crippen LogP contribution is 2.13. The van der Waals surface area contributed by atoms with Gasteiger partial charge >= 0.3 is 0 Å². The molecule has 0 saturated carbocycles. The molecule has 0 atom stereocenters. The van der Waals surface area contributed by atoms with Gasteiger partial charge in [-0.15, -0.1) is 0 Å². The van der Waals surface area contributed by atoms with Crippen LogP contribution in [-0.4, -0.2) is 19.6 Å². The Balaban J connectivity index is 1.68. The number of benzene rings is 2. The number of rotatable bonds is 7. The van der Waals surface area contributed by atoms with E-state index in [0.29, 0.717) is 31.0 Å². The molecule has 2 rings (SSSR count). The normalized spacial score (nSPS) is 10.2. The maximum absolute atomic E-state index is 11.8. The van der Waals surface area contributed by atoms with Crippen LogP contribution in [0.4, 0.5) is 11.4 Å². The van der Waals surface area contributed by atoms with Gasteiger partial charge in [0.15, 0.2) is 0 Å². The minimum atomic E-state index is -0.0969. The fraction of sp³-hybridized carbons (Fsp3) is 0.235. The fourth-order valence-corrected chi connectivity index (χ4v) is 1.92. The van der Waals surface area contributed by atoms with E-state index in [4.69, 9.17) is 15.2 Å². The molecule has 2 aromatic carbocycles. The summed E-state index contributed by atoms with van der Waals surface area (Å²) in [4.78, 5) is 11.8. The summed E-state index contributed by atoms with van der Waals surface area (Å²) in [7, 11) is 1.63. The number of hydrogen-bond donors (Lipinski definition) is 2. The van der Waals surface area contributed by atoms with Gasteiger partial charge in [-0.25, -0.2) is 0 Å². The first-order valence-corrected chi connectivity index (χ1v) is 7.03. The van der Waals surface area contributed by atoms with E-state index in [2.05, 4.69) is 5.32 Å². The van der Waals surface area contributed by atoms with Crippen LogP contribution in [0.1, 0.15) is 12.0 Å². The lowest BCUT2D eigenvalue weighted by atomic mass is 10.2. The van der Waals surface area contributed by atoms with E-state index in [0.717, 1.165) is 11.3 Å². The number of ether oxygens (including phenoxy) is 2. The molecule has 22 heavy (non-hydrogen) atoms. The van der Waals surface area contributed by atoms with E-state index in [1.54, 1.807) is 31.4 Å². The van der Waals surface area contributed by atoms with Gasteiger partial charge in [0.25, 0.3) is 0 Å². The topological polar surface area (TPSA) is 73.6 Å². The van der Waals surface area contributed by atoms with Crippen LogP contribution in [0.25, 0.3) is 0 Å². The van der Waals surface area contributed by atoms with Gasteiger partial charge in [-0.05, 0) is 35.9 Å². The second-order valence-electron chi connectivity index (χ2n) is 4.82. The number of nitrogens with two attached hydrogens (primary N) is 1. The van der Waals surface area contributed by atoms with Crippen LogP contribution in [0.2, 0.25) is 0 Å². The molecule has 0 spiro atoms. The van der Waals surface area contributed by atoms with Crippen molar-refractivity contribution >= 4 is 17.3 Å². The van der Waals surface area contributed by atoms with Gasteiger partial charge in [-0.2, -0.15) is 0 Å². The van der Waals surface area contributed by atoms with Gasteiger partial charge in [-0.3, -0.25) is 4.79 Å². The Labute approximate surface area is 130 Å². The number of carbonyl (C=O) groups is 1. The molecular formula is C17H20N2O3. The van der Waals surface area contributed by atoms with Crippen molar-refractivity contribution < 1.29 is 14.3 Å². The van der Waals surface area contributed by atoms with E-state index in [9.17, 15) is 4.79 Å². The lowest BCUT2D eigenvalue weighted by Crippen LogP contribution is -2.14. The largest absolute Gasteiger partial charge is 0.497 e. The minimum Gasteiger partial charge on any atom is -0.497 e. The van der Waals surface area contributed by atoms with E-state index in [1.165, 1.54) is 0 Å². The number of amides is 1. The zero-order chi connectivity index (χ0) is 15.8. The van der Waals surface area contributed by atoms with Crippen molar-refractivity contribution in [1.29, 1.82) is 0 Å². The van der Waals surface area contributed by atoms with Crippen LogP contribution in [0, 0.1) is 0 Å². The van der Waals surface area contributed by atoms with Gasteiger partial charge in [0.1, 0.15) is 5.75 Å². The number of nitrogen functional groups attached to an aromatic ring is 1. The summed E-state index contributed by atoms with van der Waals surface area (Å²) in [6.45, 7) is 0.829. The molecule has 116 valence electrons. The number of methoxy groups -OCH3 is 1. The van der Waals surface area contributed by atoms with Gasteiger partial charge < -0.3 is 20.5 Å². The van der Waals surface area contributed by atoms with Gasteiger partial charge in [0, 0.05) is 11.4 Å². The Bertz CT molecular complexity index is 612. The van der Waals surface area contributed by atoms with Gasteiger partial charge in [0.2, 0.25) is 5.91 Å². The van der Waals surface area contributed by atoms with Crippen LogP contribution >= 0.6 is 0 Å². The number of nitrogens with one attached hydrogen (secondary N) is 1. The molecule has 0 bridgehead atoms. The molecule has 5 heteroatoms. The van der Waals surface area contributed by atoms with Crippen LogP contribution in [0.3, 0.4) is 0 Å². The van der Waals surface area contributed by atoms with E-state index in [-0.39, 0.29) is 5.91 Å². The zero-order valence-electron chi connectivity index (χ0n) is 12.5. The maximum Gasteiger partial charge on any atom is 0.226 e. The lowest BCUT2D eigenvalue weighted by molar-refractivity contribution is -0.117. The number of carbonyl (C=O) groups excluding carboxylic acids is 1. The third-order valence-electron chi connectivity index (χ3n) is 3.07. The molecule has 1 amide bonds. The molecule has 3 N–H and O–H groups in total. The first-order chi connectivity index (χ1) is 10.7. The highest BCUT2D eigenvalue weighted by Gasteiger charge is 2.03. The quantitative estimate of drug-likeness (QED) is 0.609. The molecule has 0 unspecified atom stereocenters. The average Bonchev–Trinajstić information content (AvgIpc) is 2.52. The molecular weight excluding hydrogens is 280 g/mol. The Hall–Kier alpha value is -2.53. The van der Waals surface area contributed by atoms with E-state index < -0.39 is 0 Å². The minimum absolute atomic E-state index is 0.0969. The highest BCUT2D eigenvalue weighted by molar-refractivity contribution is 5.91. The van der Waals surface area contributed by atoms with Crippen LogP contribution in [-0.2, 0) is 16.1 Å². The third-order valence-corrected chi connectivity index (χ3v) is 3.07. The second kappa shape index (κ2) is 8.05. The van der Waals surface area contributed by atoms with Crippen molar-refractivity contribution in [3.63, 3.8) is 0 Å². The third kappa shape index (κ3) is 5.10. The molecule has 2 aromatic rings. The van der Waals surface area contributed by atoms with Crippen molar-refractivity contribution in [3.8, 4) is 5.75 Å². The molecule has 0 aliphatic heterocycles. The zero-order valence-corrected chi connectivity index (χ0v) is 12.5. The smallest absolute Gasteiger partial charge is 0.226 e. The summed E-state index contributed by atoms with van der Waals surface area (Å²) in [6.07, 6.45) is 0.297. The standard InChI is InChI=1S/C17H20N2O3/c1-21-16-7-5-13(6-8-16)12-22-10-9-17(20)19-15-4-2-3-14(18)11-15/h2-8,11H,9-10,12,18H2,1H3,(H,19,20). The van der Waals surface area contributed by atoms with Gasteiger partial charge in [0.05, 0.1) is 26.7 Å². The van der Waals surface area contributed by atoms with Crippen molar-refractivity contribution in [2.45, 2.75) is 13.0 Å². The molecule has 0 saturated heterocycles. The van der Waals surface area contributed by atoms with E-state index >= 15 is 0 Å². The molecule has 0 aromatic heterocycles. The Morgan fingerprint density at radius 3 is 2.64 bits per heavy atom. The highest BCUT2D eigenvalue weighted by atomic mass is 16.5. The second-order valence-corrected chi connectivity index (χ2v) is 4.82. The molecule has 0 aliphatic carbocycles. The number of anilines is 2. The summed E-state index contributed by atoms with van der Waals surface area (Å²) in [5.41, 5.74) is 8.01. The Kier molecular flexibility index (Phi) is 5.80. The lowest BCUT2D eigenvalue weighted by Gasteiger charge is -2.07. The predicted molar refractivity (Wildman–Crippen MR) is 86.8 cm³/mol. The predicted octanol–water partition coefficient (Wildman–Crippen LogP) is 2.82. The Morgan fingerprint density at radius 2 is 1.95 bits per heavy atom. The molecule has 0 radical (unpaired) electrons. The Morgan fingerprint density at radius 1 is 1.18 bits per heavy atom. The first kappa shape index (κ1) is 15.9. The average molecular weight is 300 g/mol. The van der Waals surface area contributed by atoms with Crippen LogP contribution < -0.4 is 15.8 Å². The first-order valence-electron chi connectivity index (χ1n) is 7.03. The summed E-state index contributed by atoms with van der Waals surface area (Å²) in [6, 6.07) is 14.7. The summed E-state index contributed by atoms with van der Waals surface area (Å²) < 4.78 is 10.6. The van der Waals surface area contributed by atoms with Crippen molar-refractivity contribution in [2.24, 2.45) is 0 Å². The van der Waals surface area contributed by atoms with Crippen molar-refractivity contribution in [2.75, 3.05) is 24.8 Å². The van der Waals surface area contributed by atoms with Gasteiger partial charge in [-0.1, -0.05) is 18.2 Å². The molecule has 0 fully saturated rings. The monoisotopic (exact) mass is 300 g/mol. The molecule has 5 nitrogen and oxygen atoms in total. The molecule has 0 heterocycles. The van der Waals surface area contributed by atoms with Crippen molar-refractivity contribution in [3.05, 3.63) is 54.1 Å². The summed E-state index contributed by atoms with van der Waals surface area (Å²) >= 11 is 0. The summed E-state index contributed by atoms with van der Waals surface area (Å²) in [5.74, 6) is 0.714. The fourth-order valence-electron chi connectivity index (χ4n) is 1.92. The van der Waals surface area contributed by atoms with Crippen LogP contribution in [0.5, 0.6) is 5.75 Å². The van der Waals surface area contributed by atoms with Crippen molar-refractivity contribution in [1.82, 2.24) is 0 Å². The number of hydrogen-bond acceptors (Lipinski definition) is 4.